The summed E-state index contributed by atoms with van der Waals surface area (Å²) in [5, 5.41) is 17.7. The molecule has 2 aromatic rings. The van der Waals surface area contributed by atoms with Crippen molar-refractivity contribution in [2.24, 2.45) is 0 Å². The van der Waals surface area contributed by atoms with Gasteiger partial charge in [0.05, 0.1) is 6.54 Å². The molecule has 0 bridgehead atoms. The number of nitrogens with zero attached hydrogens (tertiary/aromatic N) is 2. The predicted octanol–water partition coefficient (Wildman–Crippen LogP) is 1.14. The Labute approximate surface area is 120 Å². The van der Waals surface area contributed by atoms with Gasteiger partial charge in [-0.2, -0.15) is 5.10 Å². The third-order valence-electron chi connectivity index (χ3n) is 2.91. The number of carboxylic acid groups (broad SMARTS) is 1. The average molecular weight is 286 g/mol. The van der Waals surface area contributed by atoms with Crippen molar-refractivity contribution in [3.05, 3.63) is 53.1 Å². The van der Waals surface area contributed by atoms with Crippen LogP contribution in [0.15, 0.2) is 30.6 Å². The summed E-state index contributed by atoms with van der Waals surface area (Å²) in [6.45, 7) is 2.01. The van der Waals surface area contributed by atoms with E-state index < -0.39 is 5.97 Å². The lowest BCUT2D eigenvalue weighted by Crippen LogP contribution is -2.24. The van der Waals surface area contributed by atoms with Crippen LogP contribution in [0.5, 0.6) is 0 Å². The fraction of sp³-hybridized carbons (Fsp3) is 0.143. The van der Waals surface area contributed by atoms with Crippen LogP contribution in [0.4, 0.5) is 0 Å². The molecule has 0 aliphatic rings. The van der Waals surface area contributed by atoms with Crippen molar-refractivity contribution < 1.29 is 14.7 Å². The van der Waals surface area contributed by atoms with Crippen molar-refractivity contribution in [3.63, 3.8) is 0 Å². The van der Waals surface area contributed by atoms with Crippen LogP contribution in [0.3, 0.4) is 0 Å². The summed E-state index contributed by atoms with van der Waals surface area (Å²) in [6, 6.07) is 5.14. The molecule has 0 aliphatic carbocycles. The highest BCUT2D eigenvalue weighted by Crippen LogP contribution is 2.15. The van der Waals surface area contributed by atoms with E-state index in [9.17, 15) is 9.59 Å². The lowest BCUT2D eigenvalue weighted by Gasteiger charge is -2.08. The zero-order valence-electron chi connectivity index (χ0n) is 11.3. The number of H-pyrrole nitrogens is 1. The molecular weight excluding hydrogens is 272 g/mol. The van der Waals surface area contributed by atoms with Crippen molar-refractivity contribution in [2.75, 3.05) is 0 Å². The minimum Gasteiger partial charge on any atom is -0.478 e. The molecule has 21 heavy (non-hydrogen) atoms. The van der Waals surface area contributed by atoms with Crippen LogP contribution in [0.2, 0.25) is 0 Å². The summed E-state index contributed by atoms with van der Waals surface area (Å²) in [5.41, 5.74) is 1.89. The van der Waals surface area contributed by atoms with Crippen LogP contribution in [0.1, 0.15) is 27.3 Å². The first kappa shape index (κ1) is 14.4. The highest BCUT2D eigenvalue weighted by molar-refractivity contribution is 5.96. The molecule has 0 aliphatic heterocycles. The monoisotopic (exact) mass is 286 g/mol. The minimum atomic E-state index is -1.03. The molecule has 3 N–H and O–H groups in total. The smallest absolute Gasteiger partial charge is 0.328 e. The Morgan fingerprint density at radius 3 is 2.90 bits per heavy atom. The molecule has 0 fully saturated rings. The number of benzene rings is 1. The number of aromatic amines is 1. The molecule has 0 saturated carbocycles. The second-order valence-electron chi connectivity index (χ2n) is 4.31. The van der Waals surface area contributed by atoms with Gasteiger partial charge in [0.25, 0.3) is 5.91 Å². The number of carbonyl (C=O) groups excluding carboxylic acids is 1. The van der Waals surface area contributed by atoms with Gasteiger partial charge in [-0.15, -0.1) is 0 Å². The average Bonchev–Trinajstić information content (AvgIpc) is 2.97. The largest absolute Gasteiger partial charge is 0.478 e. The highest BCUT2D eigenvalue weighted by Gasteiger charge is 2.11. The fourth-order valence-electron chi connectivity index (χ4n) is 1.82. The van der Waals surface area contributed by atoms with Crippen LogP contribution >= 0.6 is 0 Å². The molecule has 1 aromatic heterocycles. The fourth-order valence-corrected chi connectivity index (χ4v) is 1.82. The summed E-state index contributed by atoms with van der Waals surface area (Å²) >= 11 is 0. The van der Waals surface area contributed by atoms with Crippen LogP contribution in [0.25, 0.3) is 6.08 Å². The third kappa shape index (κ3) is 3.75. The Kier molecular flexibility index (Phi) is 4.45. The van der Waals surface area contributed by atoms with Crippen LogP contribution in [0, 0.1) is 6.92 Å². The molecule has 0 unspecified atom stereocenters. The Morgan fingerprint density at radius 1 is 1.43 bits per heavy atom. The van der Waals surface area contributed by atoms with Gasteiger partial charge >= 0.3 is 5.97 Å². The van der Waals surface area contributed by atoms with Crippen molar-refractivity contribution >= 4 is 18.0 Å². The molecule has 0 atom stereocenters. The molecule has 1 heterocycles. The lowest BCUT2D eigenvalue weighted by atomic mass is 10.0. The Morgan fingerprint density at radius 2 is 2.24 bits per heavy atom. The van der Waals surface area contributed by atoms with E-state index in [1.807, 2.05) is 0 Å². The van der Waals surface area contributed by atoms with Gasteiger partial charge in [-0.1, -0.05) is 12.1 Å². The molecule has 7 heteroatoms. The predicted molar refractivity (Wildman–Crippen MR) is 75.4 cm³/mol. The number of hydrogen-bond donors (Lipinski definition) is 3. The van der Waals surface area contributed by atoms with Gasteiger partial charge in [-0.05, 0) is 30.2 Å². The van der Waals surface area contributed by atoms with E-state index in [0.29, 0.717) is 22.5 Å². The Balaban J connectivity index is 2.13. The van der Waals surface area contributed by atoms with Gasteiger partial charge in [-0.25, -0.2) is 9.78 Å². The van der Waals surface area contributed by atoms with E-state index in [-0.39, 0.29) is 12.5 Å². The van der Waals surface area contributed by atoms with Gasteiger partial charge in [-0.3, -0.25) is 9.89 Å². The zero-order valence-corrected chi connectivity index (χ0v) is 11.3. The van der Waals surface area contributed by atoms with E-state index in [1.54, 1.807) is 25.1 Å². The topological polar surface area (TPSA) is 108 Å². The number of aliphatic carboxylic acids is 1. The Hall–Kier alpha value is -2.96. The van der Waals surface area contributed by atoms with Gasteiger partial charge in [0.2, 0.25) is 0 Å². The van der Waals surface area contributed by atoms with Gasteiger partial charge in [0.15, 0.2) is 0 Å². The second kappa shape index (κ2) is 6.47. The summed E-state index contributed by atoms with van der Waals surface area (Å²) in [4.78, 5) is 26.6. The number of aromatic nitrogens is 3. The molecule has 0 radical (unpaired) electrons. The standard InChI is InChI=1S/C14H14N4O3/c1-9-10(5-6-13(19)20)3-2-4-11(9)14(21)15-7-12-16-8-17-18-12/h2-6,8H,7H2,1H3,(H,15,21)(H,19,20)(H,16,17,18). The number of carboxylic acids is 1. The van der Waals surface area contributed by atoms with Crippen molar-refractivity contribution in [3.8, 4) is 0 Å². The molecule has 1 amide bonds. The number of nitrogens with one attached hydrogen (secondary N) is 2. The maximum atomic E-state index is 12.1. The van der Waals surface area contributed by atoms with E-state index in [4.69, 9.17) is 5.11 Å². The summed E-state index contributed by atoms with van der Waals surface area (Å²) < 4.78 is 0. The zero-order chi connectivity index (χ0) is 15.2. The van der Waals surface area contributed by atoms with E-state index >= 15 is 0 Å². The third-order valence-corrected chi connectivity index (χ3v) is 2.91. The summed E-state index contributed by atoms with van der Waals surface area (Å²) in [7, 11) is 0. The van der Waals surface area contributed by atoms with Crippen LogP contribution in [-0.4, -0.2) is 32.2 Å². The van der Waals surface area contributed by atoms with E-state index in [2.05, 4.69) is 20.5 Å². The number of hydrogen-bond acceptors (Lipinski definition) is 4. The van der Waals surface area contributed by atoms with Crippen LogP contribution in [-0.2, 0) is 11.3 Å². The molecular formula is C14H14N4O3. The molecule has 7 nitrogen and oxygen atoms in total. The minimum absolute atomic E-state index is 0.244. The highest BCUT2D eigenvalue weighted by atomic mass is 16.4. The first-order valence-electron chi connectivity index (χ1n) is 6.21. The van der Waals surface area contributed by atoms with Gasteiger partial charge in [0, 0.05) is 11.6 Å². The Bertz CT molecular complexity index is 678. The second-order valence-corrected chi connectivity index (χ2v) is 4.31. The molecule has 1 aromatic carbocycles. The molecule has 0 saturated heterocycles. The first-order valence-corrected chi connectivity index (χ1v) is 6.21. The van der Waals surface area contributed by atoms with E-state index in [0.717, 1.165) is 6.08 Å². The normalized spacial score (nSPS) is 10.7. The number of carbonyl (C=O) groups is 2. The summed E-state index contributed by atoms with van der Waals surface area (Å²) in [5.74, 6) is -0.730. The summed E-state index contributed by atoms with van der Waals surface area (Å²) in [6.07, 6.45) is 3.87. The van der Waals surface area contributed by atoms with Crippen LogP contribution < -0.4 is 5.32 Å². The first-order chi connectivity index (χ1) is 10.1. The SMILES string of the molecule is Cc1c(C=CC(=O)O)cccc1C(=O)NCc1ncn[nH]1. The molecule has 108 valence electrons. The molecule has 0 spiro atoms. The quantitative estimate of drug-likeness (QED) is 0.714. The van der Waals surface area contributed by atoms with Gasteiger partial charge < -0.3 is 10.4 Å². The van der Waals surface area contributed by atoms with Crippen molar-refractivity contribution in [1.29, 1.82) is 0 Å². The maximum Gasteiger partial charge on any atom is 0.328 e. The van der Waals surface area contributed by atoms with Crippen molar-refractivity contribution in [1.82, 2.24) is 20.5 Å². The van der Waals surface area contributed by atoms with Gasteiger partial charge in [0.1, 0.15) is 12.2 Å². The number of amides is 1. The molecule has 2 rings (SSSR count). The number of rotatable bonds is 5. The van der Waals surface area contributed by atoms with E-state index in [1.165, 1.54) is 12.4 Å². The van der Waals surface area contributed by atoms with Crippen molar-refractivity contribution in [2.45, 2.75) is 13.5 Å². The lowest BCUT2D eigenvalue weighted by molar-refractivity contribution is -0.131. The maximum absolute atomic E-state index is 12.1.